The maximum atomic E-state index is 13.1. The SMILES string of the molecule is Cn1c(=O)n(C2CCC(=O)NC2=O)c2ccc(CCCOCCN3CCC(N4CCN(Cc5ccc(-c6cn([C@H]7CC[C@H](O)CC7)c7nc(NCCC(F)(F)F)ncc67)cc5)CC4)C3)cc21. The molecule has 15 nitrogen and oxygen atoms in total. The largest absolute Gasteiger partial charge is 0.393 e. The van der Waals surface area contributed by atoms with Gasteiger partial charge in [-0.3, -0.25) is 38.7 Å². The molecule has 3 saturated heterocycles. The molecule has 4 fully saturated rings. The molecule has 2 aromatic carbocycles. The Morgan fingerprint density at radius 2 is 1.65 bits per heavy atom. The minimum atomic E-state index is -4.26. The van der Waals surface area contributed by atoms with Crippen molar-refractivity contribution in [2.45, 2.75) is 101 Å². The van der Waals surface area contributed by atoms with Gasteiger partial charge in [0.25, 0.3) is 0 Å². The van der Waals surface area contributed by atoms with Crippen LogP contribution in [-0.2, 0) is 34.3 Å². The first-order chi connectivity index (χ1) is 31.9. The minimum absolute atomic E-state index is 0.136. The fourth-order valence-electron chi connectivity index (χ4n) is 10.4. The van der Waals surface area contributed by atoms with Crippen molar-refractivity contribution in [2.75, 3.05) is 70.9 Å². The number of ether oxygens (including phenoxy) is 1. The number of likely N-dealkylation sites (tertiary alicyclic amines) is 1. The number of carbonyl (C=O) groups excluding carboxylic acids is 2. The first-order valence-corrected chi connectivity index (χ1v) is 23.6. The topological polar surface area (TPSA) is 155 Å². The highest BCUT2D eigenvalue weighted by Gasteiger charge is 2.33. The monoisotopic (exact) mass is 914 g/mol. The van der Waals surface area contributed by atoms with E-state index in [0.29, 0.717) is 49.7 Å². The molecule has 1 saturated carbocycles. The van der Waals surface area contributed by atoms with E-state index < -0.39 is 24.5 Å². The third-order valence-corrected chi connectivity index (χ3v) is 14.1. The maximum Gasteiger partial charge on any atom is 0.390 e. The van der Waals surface area contributed by atoms with E-state index in [0.717, 1.165) is 112 Å². The summed E-state index contributed by atoms with van der Waals surface area (Å²) in [6, 6.07) is 14.6. The van der Waals surface area contributed by atoms with Crippen molar-refractivity contribution in [3.05, 3.63) is 76.5 Å². The van der Waals surface area contributed by atoms with Crippen LogP contribution < -0.4 is 16.3 Å². The summed E-state index contributed by atoms with van der Waals surface area (Å²) in [5.41, 5.74) is 6.26. The summed E-state index contributed by atoms with van der Waals surface area (Å²) in [5, 5.41) is 16.1. The molecule has 1 aliphatic carbocycles. The zero-order valence-corrected chi connectivity index (χ0v) is 37.6. The van der Waals surface area contributed by atoms with Gasteiger partial charge in [0.15, 0.2) is 0 Å². The zero-order chi connectivity index (χ0) is 46.0. The number of anilines is 1. The van der Waals surface area contributed by atoms with E-state index in [2.05, 4.69) is 65.3 Å². The molecule has 354 valence electrons. The Morgan fingerprint density at radius 3 is 2.41 bits per heavy atom. The second-order valence-corrected chi connectivity index (χ2v) is 18.6. The first-order valence-electron chi connectivity index (χ1n) is 23.6. The summed E-state index contributed by atoms with van der Waals surface area (Å²) in [5.74, 6) is -0.558. The normalized spacial score (nSPS) is 22.7. The number of alkyl halides is 3. The molecule has 9 rings (SSSR count). The van der Waals surface area contributed by atoms with Gasteiger partial charge in [0.1, 0.15) is 11.7 Å². The predicted octanol–water partition coefficient (Wildman–Crippen LogP) is 5.41. The van der Waals surface area contributed by atoms with E-state index in [4.69, 9.17) is 9.72 Å². The molecule has 4 aliphatic rings. The van der Waals surface area contributed by atoms with Crippen LogP contribution in [0.25, 0.3) is 33.2 Å². The molecule has 0 radical (unpaired) electrons. The van der Waals surface area contributed by atoms with Crippen LogP contribution >= 0.6 is 0 Å². The molecule has 3 aromatic heterocycles. The molecule has 3 aliphatic heterocycles. The summed E-state index contributed by atoms with van der Waals surface area (Å²) < 4.78 is 49.7. The number of hydrogen-bond donors (Lipinski definition) is 3. The average Bonchev–Trinajstić information content (AvgIpc) is 4.00. The van der Waals surface area contributed by atoms with E-state index in [1.54, 1.807) is 17.8 Å². The second kappa shape index (κ2) is 20.0. The highest BCUT2D eigenvalue weighted by Crippen LogP contribution is 2.37. The number of imide groups is 1. The fourth-order valence-corrected chi connectivity index (χ4v) is 10.4. The van der Waals surface area contributed by atoms with Crippen LogP contribution in [0.3, 0.4) is 0 Å². The van der Waals surface area contributed by atoms with Crippen molar-refractivity contribution in [2.24, 2.45) is 7.05 Å². The fraction of sp³-hybridized carbons (Fsp3) is 0.562. The van der Waals surface area contributed by atoms with Gasteiger partial charge >= 0.3 is 11.9 Å². The summed E-state index contributed by atoms with van der Waals surface area (Å²) in [6.07, 6.45) is 4.63. The Balaban J connectivity index is 0.708. The molecule has 18 heteroatoms. The number of aryl methyl sites for hydroxylation is 2. The number of benzene rings is 2. The Kier molecular flexibility index (Phi) is 13.9. The average molecular weight is 915 g/mol. The number of piperidine rings is 1. The second-order valence-electron chi connectivity index (χ2n) is 18.6. The van der Waals surface area contributed by atoms with E-state index in [9.17, 15) is 32.7 Å². The lowest BCUT2D eigenvalue weighted by atomic mass is 9.93. The molecular formula is C48H61F3N10O5. The summed E-state index contributed by atoms with van der Waals surface area (Å²) in [6.45, 7) is 9.07. The van der Waals surface area contributed by atoms with E-state index >= 15 is 0 Å². The first kappa shape index (κ1) is 46.0. The predicted molar refractivity (Wildman–Crippen MR) is 245 cm³/mol. The zero-order valence-electron chi connectivity index (χ0n) is 37.6. The number of nitrogens with zero attached hydrogens (tertiary/aromatic N) is 8. The van der Waals surface area contributed by atoms with Gasteiger partial charge in [-0.25, -0.2) is 9.78 Å². The standard InChI is InChI=1S/C48H61F3N10O5/c1-56-42-27-32(6-13-40(42)61(47(56)65)41-14-15-43(63)54-45(41)64)3-2-25-66-26-24-57-19-16-36(30-57)59-22-20-58(21-23-59)29-33-4-7-34(8-5-33)39-31-60(35-9-11-37(62)12-10-35)44-38(39)28-53-46(55-44)52-18-17-48(49,50)51/h4-8,13,27-28,31,35-37,41,62H,2-3,9-12,14-26,29-30H2,1H3,(H,52,53,55)(H,54,63,64)/t35-,36?,37-,41?. The van der Waals surface area contributed by atoms with E-state index in [1.165, 1.54) is 10.1 Å². The summed E-state index contributed by atoms with van der Waals surface area (Å²) >= 11 is 0. The van der Waals surface area contributed by atoms with Crippen molar-refractivity contribution in [3.63, 3.8) is 0 Å². The molecule has 2 atom stereocenters. The highest BCUT2D eigenvalue weighted by molar-refractivity contribution is 6.00. The van der Waals surface area contributed by atoms with Crippen LogP contribution in [0.15, 0.2) is 59.7 Å². The van der Waals surface area contributed by atoms with Crippen LogP contribution in [0.5, 0.6) is 0 Å². The van der Waals surface area contributed by atoms with Gasteiger partial charge in [0.2, 0.25) is 17.8 Å². The third-order valence-electron chi connectivity index (χ3n) is 14.1. The Hall–Kier alpha value is -5.14. The number of imidazole rings is 1. The van der Waals surface area contributed by atoms with Crippen molar-refractivity contribution < 1.29 is 32.6 Å². The van der Waals surface area contributed by atoms with Gasteiger partial charge < -0.3 is 19.7 Å². The quantitative estimate of drug-likeness (QED) is 0.0861. The molecule has 0 spiro atoms. The van der Waals surface area contributed by atoms with E-state index in [1.807, 2.05) is 18.2 Å². The lowest BCUT2D eigenvalue weighted by molar-refractivity contribution is -0.136. The van der Waals surface area contributed by atoms with Gasteiger partial charge in [-0.1, -0.05) is 30.3 Å². The van der Waals surface area contributed by atoms with Gasteiger partial charge in [-0.05, 0) is 86.7 Å². The number of amides is 2. The van der Waals surface area contributed by atoms with Crippen LogP contribution in [0.4, 0.5) is 19.1 Å². The van der Waals surface area contributed by atoms with Crippen LogP contribution in [0, 0.1) is 0 Å². The van der Waals surface area contributed by atoms with Crippen molar-refractivity contribution >= 4 is 39.8 Å². The number of aromatic nitrogens is 5. The van der Waals surface area contributed by atoms with Gasteiger partial charge in [-0.15, -0.1) is 0 Å². The molecule has 2 amide bonds. The van der Waals surface area contributed by atoms with E-state index in [-0.39, 0.29) is 42.7 Å². The number of piperazine rings is 1. The Bertz CT molecular complexity index is 2560. The highest BCUT2D eigenvalue weighted by atomic mass is 19.4. The number of aliphatic hydroxyl groups excluding tert-OH is 1. The lowest BCUT2D eigenvalue weighted by Gasteiger charge is -2.38. The number of nitrogens with one attached hydrogen (secondary N) is 2. The van der Waals surface area contributed by atoms with Gasteiger partial charge in [0, 0.05) is 108 Å². The number of fused-ring (bicyclic) bond motifs is 2. The summed E-state index contributed by atoms with van der Waals surface area (Å²) in [7, 11) is 1.72. The third kappa shape index (κ3) is 10.5. The maximum absolute atomic E-state index is 13.1. The summed E-state index contributed by atoms with van der Waals surface area (Å²) in [4.78, 5) is 54.1. The van der Waals surface area contributed by atoms with Crippen LogP contribution in [0.2, 0.25) is 0 Å². The number of halogens is 3. The van der Waals surface area contributed by atoms with Gasteiger partial charge in [0.05, 0.1) is 30.2 Å². The molecule has 5 aromatic rings. The van der Waals surface area contributed by atoms with Crippen molar-refractivity contribution in [1.29, 1.82) is 0 Å². The lowest BCUT2D eigenvalue weighted by Crippen LogP contribution is -2.50. The molecule has 3 N–H and O–H groups in total. The number of hydrogen-bond acceptors (Lipinski definition) is 11. The molecule has 2 unspecified atom stereocenters. The number of aliphatic hydroxyl groups is 1. The smallest absolute Gasteiger partial charge is 0.390 e. The molecule has 0 bridgehead atoms. The molecule has 6 heterocycles. The van der Waals surface area contributed by atoms with Crippen molar-refractivity contribution in [1.82, 2.24) is 43.7 Å². The number of rotatable bonds is 16. The van der Waals surface area contributed by atoms with Crippen molar-refractivity contribution in [3.8, 4) is 11.1 Å². The van der Waals surface area contributed by atoms with Crippen LogP contribution in [-0.4, -0.2) is 139 Å². The molecule has 66 heavy (non-hydrogen) atoms. The number of carbonyl (C=O) groups is 2. The minimum Gasteiger partial charge on any atom is -0.393 e. The van der Waals surface area contributed by atoms with Crippen LogP contribution in [0.1, 0.15) is 81.0 Å². The van der Waals surface area contributed by atoms with Gasteiger partial charge in [-0.2, -0.15) is 18.2 Å². The molecular weight excluding hydrogens is 854 g/mol. The Morgan fingerprint density at radius 1 is 0.879 bits per heavy atom. The Labute approximate surface area is 381 Å².